The van der Waals surface area contributed by atoms with Crippen LogP contribution in [0.1, 0.15) is 38.7 Å². The number of hydrogen-bond donors (Lipinski definition) is 2. The van der Waals surface area contributed by atoms with Crippen molar-refractivity contribution in [3.63, 3.8) is 0 Å². The number of halogens is 1. The third kappa shape index (κ3) is 5.63. The average Bonchev–Trinajstić information content (AvgIpc) is 2.61. The lowest BCUT2D eigenvalue weighted by Crippen LogP contribution is -2.33. The summed E-state index contributed by atoms with van der Waals surface area (Å²) in [6.45, 7) is 14.6. The molecule has 0 spiro atoms. The molecule has 0 saturated carbocycles. The SMILES string of the molecule is C=C(CNC(C)=O)Nc1ccc(Br)cc1C(=C)N1CCCC(CC)C1. The summed E-state index contributed by atoms with van der Waals surface area (Å²) in [5.41, 5.74) is 3.81. The number of hydrogen-bond acceptors (Lipinski definition) is 3. The molecule has 0 radical (unpaired) electrons. The van der Waals surface area contributed by atoms with Crippen molar-refractivity contribution in [2.24, 2.45) is 5.92 Å². The van der Waals surface area contributed by atoms with Gasteiger partial charge in [0.2, 0.25) is 5.91 Å². The van der Waals surface area contributed by atoms with E-state index in [2.05, 4.69) is 57.6 Å². The van der Waals surface area contributed by atoms with E-state index in [9.17, 15) is 4.79 Å². The highest BCUT2D eigenvalue weighted by Gasteiger charge is 2.21. The van der Waals surface area contributed by atoms with Crippen molar-refractivity contribution >= 4 is 33.2 Å². The number of nitrogens with zero attached hydrogens (tertiary/aromatic N) is 1. The maximum Gasteiger partial charge on any atom is 0.217 e. The number of carbonyl (C=O) groups is 1. The molecule has 1 aromatic carbocycles. The number of piperidine rings is 1. The van der Waals surface area contributed by atoms with Gasteiger partial charge in [0.25, 0.3) is 0 Å². The highest BCUT2D eigenvalue weighted by Crippen LogP contribution is 2.32. The normalized spacial score (nSPS) is 17.1. The fraction of sp³-hybridized carbons (Fsp3) is 0.450. The van der Waals surface area contributed by atoms with Crippen molar-refractivity contribution in [2.75, 3.05) is 25.0 Å². The molecule has 2 rings (SSSR count). The Bertz CT molecular complexity index is 656. The fourth-order valence-corrected chi connectivity index (χ4v) is 3.50. The van der Waals surface area contributed by atoms with Crippen molar-refractivity contribution in [2.45, 2.75) is 33.1 Å². The largest absolute Gasteiger partial charge is 0.371 e. The molecule has 5 heteroatoms. The average molecular weight is 406 g/mol. The minimum atomic E-state index is -0.0673. The first kappa shape index (κ1) is 19.6. The van der Waals surface area contributed by atoms with Crippen LogP contribution in [0.3, 0.4) is 0 Å². The number of amides is 1. The van der Waals surface area contributed by atoms with E-state index in [4.69, 9.17) is 0 Å². The van der Waals surface area contributed by atoms with Gasteiger partial charge in [0.1, 0.15) is 0 Å². The number of rotatable bonds is 7. The van der Waals surface area contributed by atoms with Crippen LogP contribution in [0.25, 0.3) is 5.70 Å². The molecule has 136 valence electrons. The van der Waals surface area contributed by atoms with E-state index >= 15 is 0 Å². The summed E-state index contributed by atoms with van der Waals surface area (Å²) in [4.78, 5) is 13.5. The van der Waals surface area contributed by atoms with E-state index in [0.717, 1.165) is 46.1 Å². The van der Waals surface area contributed by atoms with Gasteiger partial charge in [0.05, 0.1) is 6.54 Å². The third-order valence-electron chi connectivity index (χ3n) is 4.63. The van der Waals surface area contributed by atoms with Gasteiger partial charge in [-0.3, -0.25) is 4.79 Å². The van der Waals surface area contributed by atoms with Crippen LogP contribution in [-0.4, -0.2) is 30.4 Å². The predicted octanol–water partition coefficient (Wildman–Crippen LogP) is 4.60. The van der Waals surface area contributed by atoms with Crippen molar-refractivity contribution in [1.82, 2.24) is 10.2 Å². The molecule has 1 amide bonds. The molecule has 0 aliphatic carbocycles. The zero-order valence-corrected chi connectivity index (χ0v) is 16.8. The Hall–Kier alpha value is -1.75. The maximum absolute atomic E-state index is 11.1. The molecule has 1 saturated heterocycles. The molecule has 1 aliphatic heterocycles. The van der Waals surface area contributed by atoms with Crippen LogP contribution < -0.4 is 10.6 Å². The molecule has 25 heavy (non-hydrogen) atoms. The van der Waals surface area contributed by atoms with Gasteiger partial charge in [-0.15, -0.1) is 0 Å². The van der Waals surface area contributed by atoms with Gasteiger partial charge in [0.15, 0.2) is 0 Å². The number of anilines is 1. The van der Waals surface area contributed by atoms with Crippen molar-refractivity contribution in [3.05, 3.63) is 47.1 Å². The highest BCUT2D eigenvalue weighted by molar-refractivity contribution is 9.10. The summed E-state index contributed by atoms with van der Waals surface area (Å²) in [6, 6.07) is 6.10. The molecule has 1 aromatic rings. The molecule has 1 aliphatic rings. The highest BCUT2D eigenvalue weighted by atomic mass is 79.9. The summed E-state index contributed by atoms with van der Waals surface area (Å²) in [5, 5.41) is 6.08. The Kier molecular flexibility index (Phi) is 7.12. The number of nitrogens with one attached hydrogen (secondary N) is 2. The van der Waals surface area contributed by atoms with Gasteiger partial charge in [0, 0.05) is 47.1 Å². The van der Waals surface area contributed by atoms with Gasteiger partial charge < -0.3 is 15.5 Å². The standard InChI is InChI=1S/C20H28BrN3O/c1-5-17-7-6-10-24(13-17)15(3)19-11-18(21)8-9-20(19)23-14(2)12-22-16(4)25/h8-9,11,17,23H,2-3,5-7,10,12-13H2,1,4H3,(H,22,25). The molecular formula is C20H28BrN3O. The summed E-state index contributed by atoms with van der Waals surface area (Å²) < 4.78 is 1.02. The third-order valence-corrected chi connectivity index (χ3v) is 5.13. The van der Waals surface area contributed by atoms with Gasteiger partial charge in [-0.05, 0) is 37.0 Å². The lowest BCUT2D eigenvalue weighted by atomic mass is 9.94. The van der Waals surface area contributed by atoms with Crippen LogP contribution in [0.5, 0.6) is 0 Å². The molecule has 1 heterocycles. The fourth-order valence-electron chi connectivity index (χ4n) is 3.14. The van der Waals surface area contributed by atoms with Gasteiger partial charge in [-0.1, -0.05) is 42.4 Å². The Morgan fingerprint density at radius 1 is 1.40 bits per heavy atom. The number of carbonyl (C=O) groups excluding carboxylic acids is 1. The first-order chi connectivity index (χ1) is 11.9. The molecule has 0 aromatic heterocycles. The second-order valence-corrected chi connectivity index (χ2v) is 7.55. The maximum atomic E-state index is 11.1. The zero-order valence-electron chi connectivity index (χ0n) is 15.2. The Balaban J connectivity index is 2.15. The lowest BCUT2D eigenvalue weighted by Gasteiger charge is -2.36. The van der Waals surface area contributed by atoms with E-state index in [-0.39, 0.29) is 5.91 Å². The van der Waals surface area contributed by atoms with Crippen LogP contribution in [0.2, 0.25) is 0 Å². The number of benzene rings is 1. The van der Waals surface area contributed by atoms with Crippen molar-refractivity contribution in [3.8, 4) is 0 Å². The summed E-state index contributed by atoms with van der Waals surface area (Å²) in [7, 11) is 0. The molecule has 2 N–H and O–H groups in total. The smallest absolute Gasteiger partial charge is 0.217 e. The summed E-state index contributed by atoms with van der Waals surface area (Å²) in [5.74, 6) is 0.672. The monoisotopic (exact) mass is 405 g/mol. The van der Waals surface area contributed by atoms with Crippen LogP contribution in [0.15, 0.2) is 41.5 Å². The molecule has 1 fully saturated rings. The Morgan fingerprint density at radius 3 is 2.84 bits per heavy atom. The molecule has 1 unspecified atom stereocenters. The first-order valence-electron chi connectivity index (χ1n) is 8.83. The second-order valence-electron chi connectivity index (χ2n) is 6.64. The quantitative estimate of drug-likeness (QED) is 0.696. The summed E-state index contributed by atoms with van der Waals surface area (Å²) >= 11 is 3.56. The van der Waals surface area contributed by atoms with Crippen LogP contribution >= 0.6 is 15.9 Å². The topological polar surface area (TPSA) is 44.4 Å². The molecule has 0 bridgehead atoms. The number of likely N-dealkylation sites (tertiary alicyclic amines) is 1. The minimum absolute atomic E-state index is 0.0673. The van der Waals surface area contributed by atoms with Gasteiger partial charge >= 0.3 is 0 Å². The first-order valence-corrected chi connectivity index (χ1v) is 9.63. The Morgan fingerprint density at radius 2 is 2.16 bits per heavy atom. The van der Waals surface area contributed by atoms with Crippen LogP contribution in [-0.2, 0) is 4.79 Å². The lowest BCUT2D eigenvalue weighted by molar-refractivity contribution is -0.118. The van der Waals surface area contributed by atoms with E-state index in [1.165, 1.54) is 26.2 Å². The van der Waals surface area contributed by atoms with Crippen LogP contribution in [0.4, 0.5) is 5.69 Å². The van der Waals surface area contributed by atoms with E-state index in [1.54, 1.807) is 0 Å². The molecule has 4 nitrogen and oxygen atoms in total. The van der Waals surface area contributed by atoms with Gasteiger partial charge in [-0.2, -0.15) is 0 Å². The molecular weight excluding hydrogens is 378 g/mol. The van der Waals surface area contributed by atoms with Crippen molar-refractivity contribution in [1.29, 1.82) is 0 Å². The van der Waals surface area contributed by atoms with Crippen molar-refractivity contribution < 1.29 is 4.79 Å². The minimum Gasteiger partial charge on any atom is -0.371 e. The van der Waals surface area contributed by atoms with E-state index < -0.39 is 0 Å². The Labute approximate surface area is 159 Å². The molecule has 1 atom stereocenters. The van der Waals surface area contributed by atoms with Gasteiger partial charge in [-0.25, -0.2) is 0 Å². The van der Waals surface area contributed by atoms with E-state index in [0.29, 0.717) is 6.54 Å². The predicted molar refractivity (Wildman–Crippen MR) is 109 cm³/mol. The second kappa shape index (κ2) is 9.09. The van der Waals surface area contributed by atoms with E-state index in [1.807, 2.05) is 12.1 Å². The zero-order chi connectivity index (χ0) is 18.4. The van der Waals surface area contributed by atoms with Crippen LogP contribution in [0, 0.1) is 5.92 Å². The summed E-state index contributed by atoms with van der Waals surface area (Å²) in [6.07, 6.45) is 3.72.